The maximum atomic E-state index is 12.8. The Kier molecular flexibility index (Phi) is 44.2. The highest BCUT2D eigenvalue weighted by Gasteiger charge is 2.31. The highest BCUT2D eigenvalue weighted by molar-refractivity contribution is 5.72. The average molecular weight is 879 g/mol. The van der Waals surface area contributed by atoms with E-state index in [0.29, 0.717) is 19.3 Å². The third-order valence-electron chi connectivity index (χ3n) is 12.4. The zero-order valence-corrected chi connectivity index (χ0v) is 41.9. The third kappa shape index (κ3) is 43.3. The van der Waals surface area contributed by atoms with E-state index in [4.69, 9.17) is 14.2 Å². The molecule has 0 radical (unpaired) electrons. The highest BCUT2D eigenvalue weighted by atomic mass is 16.6. The fourth-order valence-electron chi connectivity index (χ4n) is 8.27. The van der Waals surface area contributed by atoms with Crippen LogP contribution >= 0.6 is 0 Å². The van der Waals surface area contributed by atoms with E-state index in [1.807, 2.05) is 21.1 Å². The van der Waals surface area contributed by atoms with Gasteiger partial charge in [0.15, 0.2) is 12.1 Å². The number of nitrogens with zero attached hydrogens (tertiary/aromatic N) is 1. The van der Waals surface area contributed by atoms with Crippen LogP contribution < -0.4 is 0 Å². The first-order chi connectivity index (χ1) is 30.1. The van der Waals surface area contributed by atoms with E-state index < -0.39 is 18.1 Å². The topological polar surface area (TPSA) is 99.1 Å². The molecule has 2 unspecified atom stereocenters. The lowest BCUT2D eigenvalue weighted by atomic mass is 10.0. The number of hydrogen-bond donors (Lipinski definition) is 1. The first kappa shape index (κ1) is 60.1. The summed E-state index contributed by atoms with van der Waals surface area (Å²) in [5.74, 6) is -1.45. The van der Waals surface area contributed by atoms with E-state index >= 15 is 0 Å². The Balaban J connectivity index is 4.13. The van der Waals surface area contributed by atoms with Gasteiger partial charge in [-0.3, -0.25) is 9.59 Å². The normalized spacial score (nSPS) is 12.9. The van der Waals surface area contributed by atoms with Crippen LogP contribution in [0.3, 0.4) is 0 Å². The van der Waals surface area contributed by atoms with Gasteiger partial charge in [-0.1, -0.05) is 219 Å². The number of carbonyl (C=O) groups is 3. The number of aliphatic carboxylic acids is 1. The molecule has 0 saturated heterocycles. The van der Waals surface area contributed by atoms with Gasteiger partial charge in [-0.25, -0.2) is 4.79 Å². The molecule has 0 fully saturated rings. The molecule has 2 atom stereocenters. The van der Waals surface area contributed by atoms with E-state index in [-0.39, 0.29) is 36.2 Å². The quantitative estimate of drug-likeness (QED) is 0.0281. The second-order valence-electron chi connectivity index (χ2n) is 19.5. The molecule has 0 bridgehead atoms. The molecule has 8 nitrogen and oxygen atoms in total. The lowest BCUT2D eigenvalue weighted by Crippen LogP contribution is -2.50. The number of allylic oxidation sites excluding steroid dienone is 2. The number of hydrogen-bond acceptors (Lipinski definition) is 6. The second-order valence-corrected chi connectivity index (χ2v) is 19.5. The molecule has 0 heterocycles. The first-order valence-corrected chi connectivity index (χ1v) is 26.7. The summed E-state index contributed by atoms with van der Waals surface area (Å²) in [5.41, 5.74) is 0. The van der Waals surface area contributed by atoms with Crippen LogP contribution in [0.2, 0.25) is 0 Å². The van der Waals surface area contributed by atoms with Crippen molar-refractivity contribution in [3.8, 4) is 0 Å². The number of unbranched alkanes of at least 4 members (excludes halogenated alkanes) is 33. The minimum absolute atomic E-state index is 0.0460. The fraction of sp³-hybridized carbons (Fsp3) is 0.907. The monoisotopic (exact) mass is 879 g/mol. The highest BCUT2D eigenvalue weighted by Crippen LogP contribution is 2.17. The maximum Gasteiger partial charge on any atom is 0.362 e. The molecule has 0 aliphatic carbocycles. The summed E-state index contributed by atoms with van der Waals surface area (Å²) in [6.45, 7) is 4.77. The largest absolute Gasteiger partial charge is 0.477 e. The number of carbonyl (C=O) groups excluding carboxylic acids is 2. The SMILES string of the molecule is CCCCCC/C=C/CCCCCCCCCC(=O)OC(COCCC(C(=O)O)[N+](C)(C)C)COC(=O)CCCCCCCCCCCCCCCCCCCCCCCCC. The molecule has 0 spiro atoms. The summed E-state index contributed by atoms with van der Waals surface area (Å²) in [6.07, 6.45) is 51.2. The van der Waals surface area contributed by atoms with Crippen LogP contribution in [-0.4, -0.2) is 80.6 Å². The lowest BCUT2D eigenvalue weighted by Gasteiger charge is -2.31. The third-order valence-corrected chi connectivity index (χ3v) is 12.4. The van der Waals surface area contributed by atoms with Crippen molar-refractivity contribution in [2.75, 3.05) is 41.0 Å². The summed E-state index contributed by atoms with van der Waals surface area (Å²) < 4.78 is 17.4. The molecule has 0 aliphatic rings. The van der Waals surface area contributed by atoms with E-state index in [1.165, 1.54) is 193 Å². The summed E-state index contributed by atoms with van der Waals surface area (Å²) in [6, 6.07) is -0.612. The molecular weight excluding hydrogens is 775 g/mol. The van der Waals surface area contributed by atoms with Crippen LogP contribution in [0.1, 0.15) is 264 Å². The standard InChI is InChI=1S/C54H103NO7/c1-6-8-10-12-14-16-18-20-22-23-24-25-26-27-28-29-31-32-34-36-38-40-42-44-52(56)61-49-50(48-60-47-46-51(54(58)59)55(3,4)5)62-53(57)45-43-41-39-37-35-33-30-21-19-17-15-13-11-9-7-2/h17,19,50-51H,6-16,18,20-49H2,1-5H3/p+1/b19-17+. The number of rotatable bonds is 49. The minimum Gasteiger partial charge on any atom is -0.477 e. The molecule has 0 aromatic rings. The minimum atomic E-state index is -0.871. The van der Waals surface area contributed by atoms with Crippen LogP contribution in [0.15, 0.2) is 12.2 Å². The molecular formula is C54H104NO7+. The molecule has 0 aromatic heterocycles. The van der Waals surface area contributed by atoms with Gasteiger partial charge >= 0.3 is 17.9 Å². The zero-order chi connectivity index (χ0) is 45.6. The van der Waals surface area contributed by atoms with Crippen molar-refractivity contribution in [3.05, 3.63) is 12.2 Å². The van der Waals surface area contributed by atoms with Gasteiger partial charge in [0.1, 0.15) is 6.61 Å². The van der Waals surface area contributed by atoms with Gasteiger partial charge in [-0.15, -0.1) is 0 Å². The summed E-state index contributed by atoms with van der Waals surface area (Å²) in [7, 11) is 5.55. The number of ether oxygens (including phenoxy) is 3. The molecule has 0 aromatic carbocycles. The van der Waals surface area contributed by atoms with Gasteiger partial charge in [-0.05, 0) is 38.5 Å². The van der Waals surface area contributed by atoms with Gasteiger partial charge in [0.2, 0.25) is 0 Å². The number of carboxylic acid groups (broad SMARTS) is 1. The Hall–Kier alpha value is -1.93. The van der Waals surface area contributed by atoms with Crippen LogP contribution in [0.25, 0.3) is 0 Å². The Morgan fingerprint density at radius 1 is 0.468 bits per heavy atom. The fourth-order valence-corrected chi connectivity index (χ4v) is 8.27. The van der Waals surface area contributed by atoms with E-state index in [1.54, 1.807) is 0 Å². The van der Waals surface area contributed by atoms with Crippen molar-refractivity contribution < 1.29 is 38.2 Å². The lowest BCUT2D eigenvalue weighted by molar-refractivity contribution is -0.887. The van der Waals surface area contributed by atoms with Crippen LogP contribution in [0, 0.1) is 0 Å². The zero-order valence-electron chi connectivity index (χ0n) is 41.9. The Morgan fingerprint density at radius 3 is 1.18 bits per heavy atom. The number of carboxylic acids is 1. The van der Waals surface area contributed by atoms with Crippen molar-refractivity contribution in [2.24, 2.45) is 0 Å². The summed E-state index contributed by atoms with van der Waals surface area (Å²) in [5, 5.41) is 9.65. The first-order valence-electron chi connectivity index (χ1n) is 26.7. The summed E-state index contributed by atoms with van der Waals surface area (Å²) >= 11 is 0. The van der Waals surface area contributed by atoms with E-state index in [0.717, 1.165) is 38.5 Å². The summed E-state index contributed by atoms with van der Waals surface area (Å²) in [4.78, 5) is 37.2. The molecule has 0 amide bonds. The Bertz CT molecular complexity index is 1020. The molecule has 1 N–H and O–H groups in total. The van der Waals surface area contributed by atoms with Crippen LogP contribution in [0.4, 0.5) is 0 Å². The predicted molar refractivity (Wildman–Crippen MR) is 262 cm³/mol. The van der Waals surface area contributed by atoms with Crippen molar-refractivity contribution in [3.63, 3.8) is 0 Å². The van der Waals surface area contributed by atoms with Crippen molar-refractivity contribution in [1.29, 1.82) is 0 Å². The predicted octanol–water partition coefficient (Wildman–Crippen LogP) is 15.4. The van der Waals surface area contributed by atoms with E-state index in [9.17, 15) is 19.5 Å². The van der Waals surface area contributed by atoms with Crippen LogP contribution in [0.5, 0.6) is 0 Å². The van der Waals surface area contributed by atoms with Gasteiger partial charge in [0, 0.05) is 19.3 Å². The van der Waals surface area contributed by atoms with E-state index in [2.05, 4.69) is 26.0 Å². The number of likely N-dealkylation sites (N-methyl/N-ethyl adjacent to an activating group) is 1. The van der Waals surface area contributed by atoms with Gasteiger partial charge in [0.05, 0.1) is 34.4 Å². The molecule has 0 saturated carbocycles. The molecule has 366 valence electrons. The average Bonchev–Trinajstić information content (AvgIpc) is 3.23. The number of esters is 2. The molecule has 8 heteroatoms. The Labute approximate surface area is 384 Å². The van der Waals surface area contributed by atoms with Crippen molar-refractivity contribution >= 4 is 17.9 Å². The smallest absolute Gasteiger partial charge is 0.362 e. The van der Waals surface area contributed by atoms with Gasteiger partial charge in [0.25, 0.3) is 0 Å². The van der Waals surface area contributed by atoms with Gasteiger partial charge < -0.3 is 23.8 Å². The van der Waals surface area contributed by atoms with Crippen molar-refractivity contribution in [1.82, 2.24) is 0 Å². The maximum absolute atomic E-state index is 12.8. The van der Waals surface area contributed by atoms with Crippen molar-refractivity contribution in [2.45, 2.75) is 276 Å². The van der Waals surface area contributed by atoms with Gasteiger partial charge in [-0.2, -0.15) is 0 Å². The Morgan fingerprint density at radius 2 is 0.806 bits per heavy atom. The second kappa shape index (κ2) is 45.6. The molecule has 62 heavy (non-hydrogen) atoms. The van der Waals surface area contributed by atoms with Crippen LogP contribution in [-0.2, 0) is 28.6 Å². The number of quaternary nitrogens is 1. The molecule has 0 aliphatic heterocycles. The molecule has 0 rings (SSSR count).